The van der Waals surface area contributed by atoms with Crippen molar-refractivity contribution in [1.29, 1.82) is 0 Å². The van der Waals surface area contributed by atoms with Gasteiger partial charge in [0.15, 0.2) is 0 Å². The van der Waals surface area contributed by atoms with Crippen LogP contribution in [0.3, 0.4) is 0 Å². The molecular weight excluding hydrogens is 324 g/mol. The van der Waals surface area contributed by atoms with Crippen LogP contribution in [0.1, 0.15) is 42.4 Å². The Balaban J connectivity index is 1.72. The van der Waals surface area contributed by atoms with Crippen LogP contribution in [0.25, 0.3) is 0 Å². The summed E-state index contributed by atoms with van der Waals surface area (Å²) < 4.78 is 0.994. The lowest BCUT2D eigenvalue weighted by molar-refractivity contribution is -0.116. The van der Waals surface area contributed by atoms with Gasteiger partial charge in [0.1, 0.15) is 4.32 Å². The minimum absolute atomic E-state index is 0.0905. The second-order valence-corrected chi connectivity index (χ2v) is 7.96. The third kappa shape index (κ3) is 5.50. The summed E-state index contributed by atoms with van der Waals surface area (Å²) in [7, 11) is 0. The van der Waals surface area contributed by atoms with Crippen molar-refractivity contribution in [2.75, 3.05) is 24.2 Å². The van der Waals surface area contributed by atoms with Crippen molar-refractivity contribution in [3.63, 3.8) is 0 Å². The molecule has 126 valence electrons. The third-order valence-electron chi connectivity index (χ3n) is 4.08. The van der Waals surface area contributed by atoms with Crippen molar-refractivity contribution in [1.82, 2.24) is 4.90 Å². The van der Waals surface area contributed by atoms with Crippen molar-refractivity contribution in [2.45, 2.75) is 46.5 Å². The monoisotopic (exact) mass is 350 g/mol. The van der Waals surface area contributed by atoms with E-state index in [1.54, 1.807) is 11.8 Å². The Morgan fingerprint density at radius 2 is 1.83 bits per heavy atom. The summed E-state index contributed by atoms with van der Waals surface area (Å²) in [4.78, 5) is 14.4. The van der Waals surface area contributed by atoms with Gasteiger partial charge in [0.25, 0.3) is 0 Å². The van der Waals surface area contributed by atoms with Gasteiger partial charge in [-0.25, -0.2) is 0 Å². The average Bonchev–Trinajstić information content (AvgIpc) is 3.01. The van der Waals surface area contributed by atoms with Crippen LogP contribution in [0.4, 0.5) is 5.69 Å². The number of benzene rings is 1. The van der Waals surface area contributed by atoms with E-state index >= 15 is 0 Å². The molecular formula is C18H26N2OS2. The van der Waals surface area contributed by atoms with E-state index in [4.69, 9.17) is 12.2 Å². The predicted octanol–water partition coefficient (Wildman–Crippen LogP) is 4.44. The third-order valence-corrected chi connectivity index (χ3v) is 5.69. The Hall–Kier alpha value is -1.07. The van der Waals surface area contributed by atoms with Crippen LogP contribution in [-0.2, 0) is 4.79 Å². The molecule has 1 saturated heterocycles. The number of thiocarbonyl (C=S) groups is 1. The average molecular weight is 351 g/mol. The first-order chi connectivity index (χ1) is 11.0. The summed E-state index contributed by atoms with van der Waals surface area (Å²) >= 11 is 7.14. The van der Waals surface area contributed by atoms with Crippen LogP contribution >= 0.6 is 24.0 Å². The summed E-state index contributed by atoms with van der Waals surface area (Å²) in [5.41, 5.74) is 4.44. The maximum absolute atomic E-state index is 12.1. The van der Waals surface area contributed by atoms with Gasteiger partial charge >= 0.3 is 0 Å². The summed E-state index contributed by atoms with van der Waals surface area (Å²) in [5.74, 6) is 1.00. The summed E-state index contributed by atoms with van der Waals surface area (Å²) in [6.07, 6.45) is 3.90. The van der Waals surface area contributed by atoms with E-state index in [1.807, 2.05) is 13.8 Å². The second-order valence-electron chi connectivity index (χ2n) is 6.23. The molecule has 1 heterocycles. The SMILES string of the molecule is Cc1cc(C)c(NC(=O)CCCSC(=S)N2CCCC2)c(C)c1. The number of likely N-dealkylation sites (tertiary alicyclic amines) is 1. The molecule has 0 aromatic heterocycles. The first-order valence-electron chi connectivity index (χ1n) is 8.27. The zero-order chi connectivity index (χ0) is 16.8. The van der Waals surface area contributed by atoms with Crippen LogP contribution in [0.5, 0.6) is 0 Å². The minimum atomic E-state index is 0.0905. The molecule has 1 aliphatic heterocycles. The predicted molar refractivity (Wildman–Crippen MR) is 104 cm³/mol. The first kappa shape index (κ1) is 18.3. The Kier molecular flexibility index (Phi) is 6.90. The fraction of sp³-hybridized carbons (Fsp3) is 0.556. The smallest absolute Gasteiger partial charge is 0.224 e. The summed E-state index contributed by atoms with van der Waals surface area (Å²) in [6, 6.07) is 4.21. The maximum Gasteiger partial charge on any atom is 0.224 e. The normalized spacial score (nSPS) is 14.1. The molecule has 1 aromatic rings. The number of carbonyl (C=O) groups excluding carboxylic acids is 1. The molecule has 0 radical (unpaired) electrons. The molecule has 0 unspecified atom stereocenters. The molecule has 3 nitrogen and oxygen atoms in total. The van der Waals surface area contributed by atoms with Crippen molar-refractivity contribution >= 4 is 39.9 Å². The van der Waals surface area contributed by atoms with E-state index in [-0.39, 0.29) is 5.91 Å². The number of hydrogen-bond acceptors (Lipinski definition) is 3. The number of hydrogen-bond donors (Lipinski definition) is 1. The number of amides is 1. The molecule has 2 rings (SSSR count). The molecule has 1 aromatic carbocycles. The molecule has 23 heavy (non-hydrogen) atoms. The summed E-state index contributed by atoms with van der Waals surface area (Å²) in [5, 5.41) is 3.06. The molecule has 1 amide bonds. The fourth-order valence-corrected chi connectivity index (χ4v) is 4.22. The van der Waals surface area contributed by atoms with Crippen molar-refractivity contribution in [3.8, 4) is 0 Å². The van der Waals surface area contributed by atoms with E-state index < -0.39 is 0 Å². The van der Waals surface area contributed by atoms with E-state index in [0.29, 0.717) is 6.42 Å². The molecule has 0 spiro atoms. The number of carbonyl (C=O) groups is 1. The zero-order valence-corrected chi connectivity index (χ0v) is 15.9. The minimum Gasteiger partial charge on any atom is -0.358 e. The lowest BCUT2D eigenvalue weighted by Gasteiger charge is -2.17. The van der Waals surface area contributed by atoms with Crippen LogP contribution in [0, 0.1) is 20.8 Å². The highest BCUT2D eigenvalue weighted by atomic mass is 32.2. The lowest BCUT2D eigenvalue weighted by atomic mass is 10.0. The lowest BCUT2D eigenvalue weighted by Crippen LogP contribution is -2.23. The molecule has 0 saturated carbocycles. The Morgan fingerprint density at radius 3 is 2.43 bits per heavy atom. The summed E-state index contributed by atoms with van der Waals surface area (Å²) in [6.45, 7) is 8.35. The number of aryl methyl sites for hydroxylation is 3. The maximum atomic E-state index is 12.1. The topological polar surface area (TPSA) is 32.3 Å². The number of nitrogens with one attached hydrogen (secondary N) is 1. The Labute approximate surface area is 149 Å². The Bertz CT molecular complexity index is 557. The van der Waals surface area contributed by atoms with Crippen LogP contribution < -0.4 is 5.32 Å². The van der Waals surface area contributed by atoms with Gasteiger partial charge in [-0.1, -0.05) is 41.7 Å². The molecule has 1 N–H and O–H groups in total. The van der Waals surface area contributed by atoms with Gasteiger partial charge in [-0.05, 0) is 51.2 Å². The van der Waals surface area contributed by atoms with E-state index in [2.05, 4.69) is 29.3 Å². The van der Waals surface area contributed by atoms with Crippen molar-refractivity contribution < 1.29 is 4.79 Å². The van der Waals surface area contributed by atoms with Crippen LogP contribution in [0.2, 0.25) is 0 Å². The van der Waals surface area contributed by atoms with Crippen molar-refractivity contribution in [2.24, 2.45) is 0 Å². The molecule has 0 atom stereocenters. The standard InChI is InChI=1S/C18H26N2OS2/c1-13-11-14(2)17(15(3)12-13)19-16(21)7-6-10-23-18(22)20-8-4-5-9-20/h11-12H,4-10H2,1-3H3,(H,19,21). The zero-order valence-electron chi connectivity index (χ0n) is 14.3. The van der Waals surface area contributed by atoms with Gasteiger partial charge in [-0.2, -0.15) is 0 Å². The fourth-order valence-electron chi connectivity index (χ4n) is 2.96. The molecule has 1 aliphatic rings. The number of thioether (sulfide) groups is 1. The van der Waals surface area contributed by atoms with E-state index in [9.17, 15) is 4.79 Å². The van der Waals surface area contributed by atoms with Crippen LogP contribution in [-0.4, -0.2) is 34.0 Å². The van der Waals surface area contributed by atoms with Gasteiger partial charge < -0.3 is 10.2 Å². The number of rotatable bonds is 5. The van der Waals surface area contributed by atoms with Crippen LogP contribution in [0.15, 0.2) is 12.1 Å². The number of nitrogens with zero attached hydrogens (tertiary/aromatic N) is 1. The van der Waals surface area contributed by atoms with Gasteiger partial charge in [0.05, 0.1) is 0 Å². The van der Waals surface area contributed by atoms with Gasteiger partial charge in [0, 0.05) is 31.0 Å². The van der Waals surface area contributed by atoms with E-state index in [1.165, 1.54) is 18.4 Å². The Morgan fingerprint density at radius 1 is 1.22 bits per heavy atom. The largest absolute Gasteiger partial charge is 0.358 e. The van der Waals surface area contributed by atoms with Gasteiger partial charge in [-0.15, -0.1) is 0 Å². The quantitative estimate of drug-likeness (QED) is 0.628. The van der Waals surface area contributed by atoms with Gasteiger partial charge in [0.2, 0.25) is 5.91 Å². The molecule has 0 bridgehead atoms. The molecule has 1 fully saturated rings. The highest BCUT2D eigenvalue weighted by molar-refractivity contribution is 8.22. The van der Waals surface area contributed by atoms with Crippen molar-refractivity contribution in [3.05, 3.63) is 28.8 Å². The molecule has 5 heteroatoms. The highest BCUT2D eigenvalue weighted by Crippen LogP contribution is 2.22. The number of anilines is 1. The molecule has 0 aliphatic carbocycles. The first-order valence-corrected chi connectivity index (χ1v) is 9.66. The second kappa shape index (κ2) is 8.69. The van der Waals surface area contributed by atoms with E-state index in [0.717, 1.165) is 46.4 Å². The van der Waals surface area contributed by atoms with Gasteiger partial charge in [-0.3, -0.25) is 4.79 Å². The highest BCUT2D eigenvalue weighted by Gasteiger charge is 2.15.